The lowest BCUT2D eigenvalue weighted by Gasteiger charge is -2.44. The van der Waals surface area contributed by atoms with Gasteiger partial charge in [-0.25, -0.2) is 8.42 Å². The molecule has 0 radical (unpaired) electrons. The van der Waals surface area contributed by atoms with Crippen molar-refractivity contribution in [3.63, 3.8) is 0 Å². The summed E-state index contributed by atoms with van der Waals surface area (Å²) in [5, 5.41) is 0. The highest BCUT2D eigenvalue weighted by molar-refractivity contribution is 7.92. The van der Waals surface area contributed by atoms with Crippen LogP contribution in [0.3, 0.4) is 0 Å². The Morgan fingerprint density at radius 1 is 1.10 bits per heavy atom. The molecule has 6 heteroatoms. The molecule has 1 saturated carbocycles. The number of hydrogen-bond acceptors (Lipinski definition) is 4. The molecule has 0 unspecified atom stereocenters. The van der Waals surface area contributed by atoms with Crippen LogP contribution in [0, 0.1) is 0 Å². The minimum Gasteiger partial charge on any atom is -0.483 e. The first-order valence-electron chi connectivity index (χ1n) is 10.7. The fourth-order valence-corrected chi connectivity index (χ4v) is 5.65. The van der Waals surface area contributed by atoms with Crippen molar-refractivity contribution in [2.75, 3.05) is 17.5 Å². The number of rotatable bonds is 3. The molecule has 0 amide bonds. The molecule has 5 nitrogen and oxygen atoms in total. The van der Waals surface area contributed by atoms with Crippen molar-refractivity contribution in [2.45, 2.75) is 50.3 Å². The van der Waals surface area contributed by atoms with Gasteiger partial charge in [0, 0.05) is 30.4 Å². The van der Waals surface area contributed by atoms with Gasteiger partial charge in [0.1, 0.15) is 11.4 Å². The molecule has 3 aliphatic rings. The van der Waals surface area contributed by atoms with Gasteiger partial charge in [-0.3, -0.25) is 9.62 Å². The monoisotopic (exact) mass is 424 g/mol. The van der Waals surface area contributed by atoms with Crippen molar-refractivity contribution in [2.24, 2.45) is 0 Å². The third-order valence-corrected chi connectivity index (χ3v) is 7.28. The van der Waals surface area contributed by atoms with Crippen LogP contribution in [-0.2, 0) is 23.0 Å². The topological polar surface area (TPSA) is 58.6 Å². The van der Waals surface area contributed by atoms with E-state index in [1.165, 1.54) is 11.1 Å². The van der Waals surface area contributed by atoms with Crippen molar-refractivity contribution in [3.8, 4) is 5.75 Å². The lowest BCUT2D eigenvalue weighted by Crippen LogP contribution is -2.47. The van der Waals surface area contributed by atoms with Crippen LogP contribution >= 0.6 is 0 Å². The Kier molecular flexibility index (Phi) is 4.86. The Morgan fingerprint density at radius 2 is 1.87 bits per heavy atom. The van der Waals surface area contributed by atoms with Crippen molar-refractivity contribution < 1.29 is 13.2 Å². The SMILES string of the molecule is CS(=O)(=O)Nc1ccc2c(c1)C=CC1(CCC(N3CCc4ccccc4C3)CC1)O2. The van der Waals surface area contributed by atoms with E-state index < -0.39 is 10.0 Å². The molecule has 2 aliphatic heterocycles. The summed E-state index contributed by atoms with van der Waals surface area (Å²) < 4.78 is 31.9. The van der Waals surface area contributed by atoms with Crippen LogP contribution in [-0.4, -0.2) is 37.8 Å². The highest BCUT2D eigenvalue weighted by atomic mass is 32.2. The molecule has 2 heterocycles. The van der Waals surface area contributed by atoms with Crippen LogP contribution < -0.4 is 9.46 Å². The average molecular weight is 425 g/mol. The molecule has 158 valence electrons. The van der Waals surface area contributed by atoms with Crippen molar-refractivity contribution in [1.82, 2.24) is 4.90 Å². The summed E-state index contributed by atoms with van der Waals surface area (Å²) in [7, 11) is -3.29. The summed E-state index contributed by atoms with van der Waals surface area (Å²) >= 11 is 0. The Morgan fingerprint density at radius 3 is 2.63 bits per heavy atom. The summed E-state index contributed by atoms with van der Waals surface area (Å²) in [6.07, 6.45) is 10.9. The second-order valence-electron chi connectivity index (χ2n) is 8.85. The molecule has 1 spiro atoms. The molecule has 30 heavy (non-hydrogen) atoms. The van der Waals surface area contributed by atoms with Crippen molar-refractivity contribution in [1.29, 1.82) is 0 Å². The maximum absolute atomic E-state index is 11.5. The van der Waals surface area contributed by atoms with Crippen LogP contribution in [0.2, 0.25) is 0 Å². The number of nitrogens with zero attached hydrogens (tertiary/aromatic N) is 1. The fraction of sp³-hybridized carbons (Fsp3) is 0.417. The molecule has 2 aromatic carbocycles. The summed E-state index contributed by atoms with van der Waals surface area (Å²) in [4.78, 5) is 2.65. The maximum atomic E-state index is 11.5. The number of sulfonamides is 1. The zero-order chi connectivity index (χ0) is 20.8. The Labute approximate surface area is 178 Å². The van der Waals surface area contributed by atoms with Gasteiger partial charge in [-0.05, 0) is 67.5 Å². The molecule has 1 aliphatic carbocycles. The molecule has 1 fully saturated rings. The van der Waals surface area contributed by atoms with Gasteiger partial charge >= 0.3 is 0 Å². The number of nitrogens with one attached hydrogen (secondary N) is 1. The summed E-state index contributed by atoms with van der Waals surface area (Å²) in [5.41, 5.74) is 4.23. The molecule has 0 bridgehead atoms. The Balaban J connectivity index is 1.25. The molecule has 0 aromatic heterocycles. The van der Waals surface area contributed by atoms with Crippen molar-refractivity contribution >= 4 is 21.8 Å². The van der Waals surface area contributed by atoms with Gasteiger partial charge in [-0.15, -0.1) is 0 Å². The molecule has 5 rings (SSSR count). The van der Waals surface area contributed by atoms with Gasteiger partial charge in [-0.1, -0.05) is 30.3 Å². The maximum Gasteiger partial charge on any atom is 0.229 e. The van der Waals surface area contributed by atoms with Gasteiger partial charge in [0.25, 0.3) is 0 Å². The van der Waals surface area contributed by atoms with E-state index in [2.05, 4.69) is 46.0 Å². The largest absolute Gasteiger partial charge is 0.483 e. The smallest absolute Gasteiger partial charge is 0.229 e. The fourth-order valence-electron chi connectivity index (χ4n) is 5.10. The van der Waals surface area contributed by atoms with Gasteiger partial charge in [-0.2, -0.15) is 0 Å². The van der Waals surface area contributed by atoms with Crippen LogP contribution in [0.25, 0.3) is 6.08 Å². The molecule has 2 aromatic rings. The third-order valence-electron chi connectivity index (χ3n) is 6.67. The van der Waals surface area contributed by atoms with E-state index in [9.17, 15) is 8.42 Å². The van der Waals surface area contributed by atoms with Gasteiger partial charge in [0.05, 0.1) is 6.26 Å². The lowest BCUT2D eigenvalue weighted by molar-refractivity contribution is 0.0320. The standard InChI is InChI=1S/C24H28N2O3S/c1-30(27,28)25-21-6-7-23-19(16-21)8-12-24(29-23)13-9-22(10-14-24)26-15-11-18-4-2-3-5-20(18)17-26/h2-8,12,16,22,25H,9-11,13-15,17H2,1H3. The number of anilines is 1. The number of ether oxygens (including phenoxy) is 1. The van der Waals surface area contributed by atoms with E-state index >= 15 is 0 Å². The number of hydrogen-bond donors (Lipinski definition) is 1. The Bertz CT molecular complexity index is 1090. The van der Waals surface area contributed by atoms with Gasteiger partial charge in [0.2, 0.25) is 10.0 Å². The van der Waals surface area contributed by atoms with Crippen LogP contribution in [0.1, 0.15) is 42.4 Å². The molecule has 0 saturated heterocycles. The molecular formula is C24H28N2O3S. The van der Waals surface area contributed by atoms with E-state index in [4.69, 9.17) is 4.74 Å². The second-order valence-corrected chi connectivity index (χ2v) is 10.6. The predicted octanol–water partition coefficient (Wildman–Crippen LogP) is 4.20. The lowest BCUT2D eigenvalue weighted by atomic mass is 9.79. The number of fused-ring (bicyclic) bond motifs is 2. The number of benzene rings is 2. The third kappa shape index (κ3) is 3.98. The minimum absolute atomic E-state index is 0.233. The predicted molar refractivity (Wildman–Crippen MR) is 120 cm³/mol. The van der Waals surface area contributed by atoms with Crippen LogP contribution in [0.15, 0.2) is 48.5 Å². The molecule has 0 atom stereocenters. The van der Waals surface area contributed by atoms with Crippen LogP contribution in [0.4, 0.5) is 5.69 Å². The van der Waals surface area contributed by atoms with E-state index in [1.807, 2.05) is 12.1 Å². The highest BCUT2D eigenvalue weighted by Crippen LogP contribution is 2.42. The zero-order valence-corrected chi connectivity index (χ0v) is 18.1. The van der Waals surface area contributed by atoms with E-state index in [1.54, 1.807) is 6.07 Å². The zero-order valence-electron chi connectivity index (χ0n) is 17.3. The quantitative estimate of drug-likeness (QED) is 0.802. The summed E-state index contributed by atoms with van der Waals surface area (Å²) in [6.45, 7) is 2.20. The van der Waals surface area contributed by atoms with E-state index in [0.29, 0.717) is 11.7 Å². The summed E-state index contributed by atoms with van der Waals surface area (Å²) in [5.74, 6) is 0.835. The molecular weight excluding hydrogens is 396 g/mol. The first-order valence-corrected chi connectivity index (χ1v) is 12.6. The first kappa shape index (κ1) is 19.6. The average Bonchev–Trinajstić information content (AvgIpc) is 2.73. The van der Waals surface area contributed by atoms with Crippen LogP contribution in [0.5, 0.6) is 5.75 Å². The minimum atomic E-state index is -3.29. The van der Waals surface area contributed by atoms with Gasteiger partial charge < -0.3 is 4.74 Å². The van der Waals surface area contributed by atoms with E-state index in [-0.39, 0.29) is 5.60 Å². The second kappa shape index (κ2) is 7.43. The van der Waals surface area contributed by atoms with Crippen molar-refractivity contribution in [3.05, 3.63) is 65.2 Å². The molecule has 1 N–H and O–H groups in total. The Hall–Kier alpha value is -2.31. The van der Waals surface area contributed by atoms with Gasteiger partial charge in [0.15, 0.2) is 0 Å². The normalized spacial score (nSPS) is 26.0. The summed E-state index contributed by atoms with van der Waals surface area (Å²) in [6, 6.07) is 14.9. The first-order chi connectivity index (χ1) is 14.4. The van der Waals surface area contributed by atoms with E-state index in [0.717, 1.165) is 62.8 Å². The highest BCUT2D eigenvalue weighted by Gasteiger charge is 2.39.